The molecule has 2 nitrogen and oxygen atoms in total. The molecule has 11 heavy (non-hydrogen) atoms. The maximum atomic E-state index is 10.6. The lowest BCUT2D eigenvalue weighted by Gasteiger charge is -2.09. The summed E-state index contributed by atoms with van der Waals surface area (Å²) in [5, 5.41) is 0. The smallest absolute Gasteiger partial charge is 0.303 e. The fourth-order valence-electron chi connectivity index (χ4n) is 1.26. The van der Waals surface area contributed by atoms with Crippen LogP contribution in [0.5, 0.6) is 0 Å². The lowest BCUT2D eigenvalue weighted by Crippen LogP contribution is -2.12. The quantitative estimate of drug-likeness (QED) is 0.427. The first kappa shape index (κ1) is 8.31. The Morgan fingerprint density at radius 1 is 1.55 bits per heavy atom. The fourth-order valence-corrected chi connectivity index (χ4v) is 1.26. The highest BCUT2D eigenvalue weighted by Crippen LogP contribution is 2.13. The molecule has 62 valence electrons. The van der Waals surface area contributed by atoms with E-state index in [1.807, 2.05) is 6.08 Å². The van der Waals surface area contributed by atoms with Crippen molar-refractivity contribution in [2.24, 2.45) is 0 Å². The van der Waals surface area contributed by atoms with E-state index in [9.17, 15) is 4.79 Å². The largest absolute Gasteiger partial charge is 0.458 e. The Kier molecular flexibility index (Phi) is 3.14. The van der Waals surface area contributed by atoms with Crippen LogP contribution in [-0.2, 0) is 9.53 Å². The SMILES string of the molecule is CC(=O)OC1C=CCCCC1. The normalized spacial score (nSPS) is 24.3. The third-order valence-corrected chi connectivity index (χ3v) is 1.78. The van der Waals surface area contributed by atoms with Gasteiger partial charge in [-0.05, 0) is 31.8 Å². The predicted octanol–water partition coefficient (Wildman–Crippen LogP) is 2.05. The molecule has 0 saturated carbocycles. The first-order chi connectivity index (χ1) is 5.29. The number of carbonyl (C=O) groups excluding carboxylic acids is 1. The van der Waals surface area contributed by atoms with E-state index in [0.29, 0.717) is 0 Å². The minimum atomic E-state index is -0.179. The van der Waals surface area contributed by atoms with E-state index >= 15 is 0 Å². The molecule has 1 unspecified atom stereocenters. The highest BCUT2D eigenvalue weighted by molar-refractivity contribution is 5.66. The van der Waals surface area contributed by atoms with Gasteiger partial charge in [-0.15, -0.1) is 0 Å². The molecule has 0 aliphatic heterocycles. The number of hydrogen-bond donors (Lipinski definition) is 0. The van der Waals surface area contributed by atoms with Crippen molar-refractivity contribution < 1.29 is 9.53 Å². The molecule has 0 saturated heterocycles. The zero-order valence-electron chi connectivity index (χ0n) is 6.88. The lowest BCUT2D eigenvalue weighted by atomic mass is 10.2. The van der Waals surface area contributed by atoms with E-state index in [1.54, 1.807) is 0 Å². The lowest BCUT2D eigenvalue weighted by molar-refractivity contribution is -0.144. The van der Waals surface area contributed by atoms with Crippen LogP contribution in [0, 0.1) is 0 Å². The molecule has 1 aliphatic carbocycles. The van der Waals surface area contributed by atoms with Gasteiger partial charge in [-0.3, -0.25) is 4.79 Å². The summed E-state index contributed by atoms with van der Waals surface area (Å²) in [6, 6.07) is 0. The molecule has 1 rings (SSSR count). The third-order valence-electron chi connectivity index (χ3n) is 1.78. The van der Waals surface area contributed by atoms with Crippen molar-refractivity contribution in [3.63, 3.8) is 0 Å². The Morgan fingerprint density at radius 3 is 3.09 bits per heavy atom. The van der Waals surface area contributed by atoms with Crippen LogP contribution in [0.3, 0.4) is 0 Å². The summed E-state index contributed by atoms with van der Waals surface area (Å²) in [5.74, 6) is -0.179. The van der Waals surface area contributed by atoms with Crippen LogP contribution < -0.4 is 0 Å². The summed E-state index contributed by atoms with van der Waals surface area (Å²) >= 11 is 0. The van der Waals surface area contributed by atoms with Crippen molar-refractivity contribution in [2.75, 3.05) is 0 Å². The zero-order valence-corrected chi connectivity index (χ0v) is 6.88. The number of hydrogen-bond acceptors (Lipinski definition) is 2. The number of ether oxygens (including phenoxy) is 1. The van der Waals surface area contributed by atoms with Crippen molar-refractivity contribution >= 4 is 5.97 Å². The molecule has 2 heteroatoms. The second kappa shape index (κ2) is 4.16. The second-order valence-electron chi connectivity index (χ2n) is 2.86. The van der Waals surface area contributed by atoms with Crippen LogP contribution >= 0.6 is 0 Å². The van der Waals surface area contributed by atoms with Gasteiger partial charge in [0, 0.05) is 6.92 Å². The Balaban J connectivity index is 2.36. The highest BCUT2D eigenvalue weighted by atomic mass is 16.5. The molecular formula is C9H14O2. The highest BCUT2D eigenvalue weighted by Gasteiger charge is 2.09. The van der Waals surface area contributed by atoms with Gasteiger partial charge in [0.1, 0.15) is 6.10 Å². The second-order valence-corrected chi connectivity index (χ2v) is 2.86. The first-order valence-corrected chi connectivity index (χ1v) is 4.13. The summed E-state index contributed by atoms with van der Waals surface area (Å²) in [6.07, 6.45) is 8.61. The average Bonchev–Trinajstić information content (AvgIpc) is 2.14. The van der Waals surface area contributed by atoms with Gasteiger partial charge in [0.15, 0.2) is 0 Å². The van der Waals surface area contributed by atoms with Crippen molar-refractivity contribution in [3.8, 4) is 0 Å². The molecular weight excluding hydrogens is 140 g/mol. The van der Waals surface area contributed by atoms with Crippen LogP contribution in [-0.4, -0.2) is 12.1 Å². The molecule has 0 amide bonds. The van der Waals surface area contributed by atoms with Crippen LogP contribution in [0.2, 0.25) is 0 Å². The summed E-state index contributed by atoms with van der Waals surface area (Å²) < 4.78 is 5.05. The maximum absolute atomic E-state index is 10.6. The van der Waals surface area contributed by atoms with Gasteiger partial charge in [-0.2, -0.15) is 0 Å². The van der Waals surface area contributed by atoms with Crippen LogP contribution in [0.4, 0.5) is 0 Å². The minimum Gasteiger partial charge on any atom is -0.458 e. The van der Waals surface area contributed by atoms with Gasteiger partial charge in [-0.1, -0.05) is 6.08 Å². The van der Waals surface area contributed by atoms with E-state index in [1.165, 1.54) is 13.3 Å². The molecule has 0 aromatic rings. The Hall–Kier alpha value is -0.790. The van der Waals surface area contributed by atoms with Crippen LogP contribution in [0.1, 0.15) is 32.6 Å². The van der Waals surface area contributed by atoms with Gasteiger partial charge >= 0.3 is 5.97 Å². The molecule has 0 heterocycles. The van der Waals surface area contributed by atoms with Crippen molar-refractivity contribution in [3.05, 3.63) is 12.2 Å². The molecule has 0 spiro atoms. The van der Waals surface area contributed by atoms with Crippen molar-refractivity contribution in [1.82, 2.24) is 0 Å². The number of carbonyl (C=O) groups is 1. The molecule has 1 aliphatic rings. The third kappa shape index (κ3) is 3.21. The Bertz CT molecular complexity index is 161. The van der Waals surface area contributed by atoms with Crippen LogP contribution in [0.25, 0.3) is 0 Å². The molecule has 0 bridgehead atoms. The van der Waals surface area contributed by atoms with Gasteiger partial charge in [0.25, 0.3) is 0 Å². The monoisotopic (exact) mass is 154 g/mol. The van der Waals surface area contributed by atoms with Crippen molar-refractivity contribution in [2.45, 2.75) is 38.7 Å². The molecule has 0 N–H and O–H groups in total. The van der Waals surface area contributed by atoms with E-state index in [4.69, 9.17) is 4.74 Å². The summed E-state index contributed by atoms with van der Waals surface area (Å²) in [5.41, 5.74) is 0. The number of allylic oxidation sites excluding steroid dienone is 1. The summed E-state index contributed by atoms with van der Waals surface area (Å²) in [4.78, 5) is 10.6. The Morgan fingerprint density at radius 2 is 2.36 bits per heavy atom. The maximum Gasteiger partial charge on any atom is 0.303 e. The average molecular weight is 154 g/mol. The van der Waals surface area contributed by atoms with E-state index in [0.717, 1.165) is 19.3 Å². The first-order valence-electron chi connectivity index (χ1n) is 4.13. The summed E-state index contributed by atoms with van der Waals surface area (Å²) in [6.45, 7) is 1.46. The standard InChI is InChI=1S/C9H14O2/c1-8(10)11-9-6-4-2-3-5-7-9/h4,6,9H,2-3,5,7H2,1H3. The van der Waals surface area contributed by atoms with Gasteiger partial charge in [0.05, 0.1) is 0 Å². The van der Waals surface area contributed by atoms with Gasteiger partial charge < -0.3 is 4.74 Å². The van der Waals surface area contributed by atoms with Gasteiger partial charge in [-0.25, -0.2) is 0 Å². The predicted molar refractivity (Wildman–Crippen MR) is 43.2 cm³/mol. The fraction of sp³-hybridized carbons (Fsp3) is 0.667. The zero-order chi connectivity index (χ0) is 8.10. The number of esters is 1. The summed E-state index contributed by atoms with van der Waals surface area (Å²) in [7, 11) is 0. The Labute approximate surface area is 67.2 Å². The molecule has 0 aromatic carbocycles. The topological polar surface area (TPSA) is 26.3 Å². The van der Waals surface area contributed by atoms with Crippen molar-refractivity contribution in [1.29, 1.82) is 0 Å². The minimum absolute atomic E-state index is 0.0370. The molecule has 0 fully saturated rings. The van der Waals surface area contributed by atoms with Crippen LogP contribution in [0.15, 0.2) is 12.2 Å². The molecule has 0 aromatic heterocycles. The van der Waals surface area contributed by atoms with E-state index in [-0.39, 0.29) is 12.1 Å². The van der Waals surface area contributed by atoms with E-state index in [2.05, 4.69) is 6.08 Å². The van der Waals surface area contributed by atoms with Gasteiger partial charge in [0.2, 0.25) is 0 Å². The molecule has 1 atom stereocenters. The number of rotatable bonds is 1. The molecule has 0 radical (unpaired) electrons. The van der Waals surface area contributed by atoms with E-state index < -0.39 is 0 Å².